The van der Waals surface area contributed by atoms with Crippen LogP contribution in [0.4, 0.5) is 5.69 Å². The van der Waals surface area contributed by atoms with E-state index in [9.17, 15) is 4.79 Å². The zero-order chi connectivity index (χ0) is 15.7. The number of nitrogens with one attached hydrogen (secondary N) is 1. The fourth-order valence-corrected chi connectivity index (χ4v) is 2.19. The summed E-state index contributed by atoms with van der Waals surface area (Å²) in [7, 11) is 3.28. The van der Waals surface area contributed by atoms with Crippen LogP contribution < -0.4 is 10.1 Å². The topological polar surface area (TPSA) is 69.0 Å². The molecule has 3 rings (SSSR count). The van der Waals surface area contributed by atoms with Gasteiger partial charge in [0.15, 0.2) is 5.69 Å². The van der Waals surface area contributed by atoms with Gasteiger partial charge in [-0.05, 0) is 18.2 Å². The first-order valence-electron chi connectivity index (χ1n) is 6.51. The van der Waals surface area contributed by atoms with E-state index in [0.29, 0.717) is 10.8 Å². The number of hydrogen-bond donors (Lipinski definition) is 1. The van der Waals surface area contributed by atoms with E-state index in [1.807, 2.05) is 24.3 Å². The van der Waals surface area contributed by atoms with Crippen molar-refractivity contribution < 1.29 is 9.53 Å². The van der Waals surface area contributed by atoms with E-state index >= 15 is 0 Å². The smallest absolute Gasteiger partial charge is 0.276 e. The second kappa shape index (κ2) is 5.65. The average molecular weight is 317 g/mol. The standard InChI is InChI=1S/C15H13ClN4O2/c1-20-14(16)7-13(19-20)15(21)18-10-5-9-3-4-11(22-2)6-12(9)17-8-10/h3-8H,1-2H3,(H,18,21). The van der Waals surface area contributed by atoms with Crippen molar-refractivity contribution >= 4 is 34.1 Å². The van der Waals surface area contributed by atoms with Crippen molar-refractivity contribution in [3.05, 3.63) is 47.4 Å². The van der Waals surface area contributed by atoms with E-state index in [2.05, 4.69) is 15.4 Å². The van der Waals surface area contributed by atoms with Gasteiger partial charge in [0.2, 0.25) is 0 Å². The molecular weight excluding hydrogens is 304 g/mol. The second-order valence-electron chi connectivity index (χ2n) is 4.71. The zero-order valence-corrected chi connectivity index (χ0v) is 12.8. The molecule has 2 aromatic heterocycles. The van der Waals surface area contributed by atoms with Crippen molar-refractivity contribution in [1.82, 2.24) is 14.8 Å². The lowest BCUT2D eigenvalue weighted by atomic mass is 10.2. The summed E-state index contributed by atoms with van der Waals surface area (Å²) < 4.78 is 6.59. The normalized spacial score (nSPS) is 10.7. The van der Waals surface area contributed by atoms with Gasteiger partial charge in [-0.15, -0.1) is 0 Å². The number of benzene rings is 1. The number of carbonyl (C=O) groups is 1. The molecule has 22 heavy (non-hydrogen) atoms. The molecule has 0 spiro atoms. The highest BCUT2D eigenvalue weighted by atomic mass is 35.5. The van der Waals surface area contributed by atoms with Crippen LogP contribution in [0.25, 0.3) is 10.9 Å². The lowest BCUT2D eigenvalue weighted by molar-refractivity contribution is 0.102. The summed E-state index contributed by atoms with van der Waals surface area (Å²) in [5, 5.41) is 8.08. The first kappa shape index (κ1) is 14.3. The van der Waals surface area contributed by atoms with Gasteiger partial charge in [-0.25, -0.2) is 0 Å². The predicted octanol–water partition coefficient (Wildman–Crippen LogP) is 2.88. The summed E-state index contributed by atoms with van der Waals surface area (Å²) in [6.45, 7) is 0. The van der Waals surface area contributed by atoms with E-state index in [4.69, 9.17) is 16.3 Å². The van der Waals surface area contributed by atoms with Crippen LogP contribution in [0.5, 0.6) is 5.75 Å². The zero-order valence-electron chi connectivity index (χ0n) is 12.0. The Hall–Kier alpha value is -2.60. The maximum atomic E-state index is 12.1. The molecule has 6 nitrogen and oxygen atoms in total. The van der Waals surface area contributed by atoms with Crippen LogP contribution in [-0.2, 0) is 7.05 Å². The number of aryl methyl sites for hydroxylation is 1. The number of anilines is 1. The van der Waals surface area contributed by atoms with E-state index in [1.165, 1.54) is 10.7 Å². The molecule has 7 heteroatoms. The molecular formula is C15H13ClN4O2. The van der Waals surface area contributed by atoms with Crippen LogP contribution in [-0.4, -0.2) is 27.8 Å². The minimum atomic E-state index is -0.336. The van der Waals surface area contributed by atoms with Gasteiger partial charge < -0.3 is 10.1 Å². The summed E-state index contributed by atoms with van der Waals surface area (Å²) in [6, 6.07) is 8.91. The highest BCUT2D eigenvalue weighted by Gasteiger charge is 2.12. The average Bonchev–Trinajstić information content (AvgIpc) is 2.86. The fraction of sp³-hybridized carbons (Fsp3) is 0.133. The van der Waals surface area contributed by atoms with Gasteiger partial charge in [-0.3, -0.25) is 14.5 Å². The van der Waals surface area contributed by atoms with Gasteiger partial charge in [0.05, 0.1) is 24.5 Å². The molecule has 0 saturated carbocycles. The van der Waals surface area contributed by atoms with E-state index in [0.717, 1.165) is 16.7 Å². The summed E-state index contributed by atoms with van der Waals surface area (Å²) in [4.78, 5) is 16.4. The SMILES string of the molecule is COc1ccc2cc(NC(=O)c3cc(Cl)n(C)n3)cnc2c1. The Labute approximate surface area is 131 Å². The number of rotatable bonds is 3. The maximum Gasteiger partial charge on any atom is 0.276 e. The number of nitrogens with zero attached hydrogens (tertiary/aromatic N) is 3. The van der Waals surface area contributed by atoms with Gasteiger partial charge in [-0.1, -0.05) is 11.6 Å². The lowest BCUT2D eigenvalue weighted by Crippen LogP contribution is -2.13. The van der Waals surface area contributed by atoms with Crippen molar-refractivity contribution in [2.75, 3.05) is 12.4 Å². The third-order valence-electron chi connectivity index (χ3n) is 3.20. The number of hydrogen-bond acceptors (Lipinski definition) is 4. The minimum Gasteiger partial charge on any atom is -0.497 e. The van der Waals surface area contributed by atoms with Crippen LogP contribution in [0.2, 0.25) is 5.15 Å². The Balaban J connectivity index is 1.86. The van der Waals surface area contributed by atoms with E-state index in [-0.39, 0.29) is 11.6 Å². The number of methoxy groups -OCH3 is 1. The van der Waals surface area contributed by atoms with Gasteiger partial charge >= 0.3 is 0 Å². The molecule has 0 aliphatic carbocycles. The van der Waals surface area contributed by atoms with Gasteiger partial charge in [-0.2, -0.15) is 5.10 Å². The third kappa shape index (κ3) is 2.73. The molecule has 1 aromatic carbocycles. The molecule has 1 amide bonds. The summed E-state index contributed by atoms with van der Waals surface area (Å²) in [5.74, 6) is 0.400. The number of carbonyl (C=O) groups excluding carboxylic acids is 1. The number of amides is 1. The number of pyridine rings is 1. The molecule has 0 atom stereocenters. The Bertz CT molecular complexity index is 840. The molecule has 0 bridgehead atoms. The van der Waals surface area contributed by atoms with Crippen molar-refractivity contribution in [3.8, 4) is 5.75 Å². The highest BCUT2D eigenvalue weighted by molar-refractivity contribution is 6.30. The van der Waals surface area contributed by atoms with Gasteiger partial charge in [0.25, 0.3) is 5.91 Å². The molecule has 2 heterocycles. The molecule has 0 saturated heterocycles. The van der Waals surface area contributed by atoms with Crippen LogP contribution >= 0.6 is 11.6 Å². The first-order valence-corrected chi connectivity index (χ1v) is 6.89. The third-order valence-corrected chi connectivity index (χ3v) is 3.56. The van der Waals surface area contributed by atoms with E-state index in [1.54, 1.807) is 20.4 Å². The second-order valence-corrected chi connectivity index (χ2v) is 5.10. The number of fused-ring (bicyclic) bond motifs is 1. The molecule has 0 radical (unpaired) electrons. The summed E-state index contributed by atoms with van der Waals surface area (Å²) in [5.41, 5.74) is 1.63. The molecule has 112 valence electrons. The first-order chi connectivity index (χ1) is 10.6. The van der Waals surface area contributed by atoms with Crippen molar-refractivity contribution in [3.63, 3.8) is 0 Å². The predicted molar refractivity (Wildman–Crippen MR) is 84.5 cm³/mol. The molecule has 0 fully saturated rings. The number of halogens is 1. The highest BCUT2D eigenvalue weighted by Crippen LogP contribution is 2.22. The molecule has 1 N–H and O–H groups in total. The van der Waals surface area contributed by atoms with Crippen molar-refractivity contribution in [1.29, 1.82) is 0 Å². The quantitative estimate of drug-likeness (QED) is 0.806. The van der Waals surface area contributed by atoms with Crippen LogP contribution in [0.3, 0.4) is 0 Å². The minimum absolute atomic E-state index is 0.252. The largest absolute Gasteiger partial charge is 0.497 e. The van der Waals surface area contributed by atoms with Crippen LogP contribution in [0.15, 0.2) is 36.5 Å². The fourth-order valence-electron chi connectivity index (χ4n) is 2.05. The van der Waals surface area contributed by atoms with Crippen molar-refractivity contribution in [2.24, 2.45) is 7.05 Å². The molecule has 0 aliphatic heterocycles. The summed E-state index contributed by atoms with van der Waals surface area (Å²) in [6.07, 6.45) is 1.59. The molecule has 3 aromatic rings. The molecule has 0 unspecified atom stereocenters. The number of aromatic nitrogens is 3. The van der Waals surface area contributed by atoms with Crippen molar-refractivity contribution in [2.45, 2.75) is 0 Å². The van der Waals surface area contributed by atoms with Gasteiger partial charge in [0, 0.05) is 24.6 Å². The van der Waals surface area contributed by atoms with Crippen LogP contribution in [0.1, 0.15) is 10.5 Å². The van der Waals surface area contributed by atoms with Crippen LogP contribution in [0, 0.1) is 0 Å². The monoisotopic (exact) mass is 316 g/mol. The Morgan fingerprint density at radius 2 is 2.14 bits per heavy atom. The molecule has 0 aliphatic rings. The van der Waals surface area contributed by atoms with E-state index < -0.39 is 0 Å². The lowest BCUT2D eigenvalue weighted by Gasteiger charge is -2.06. The van der Waals surface area contributed by atoms with Gasteiger partial charge in [0.1, 0.15) is 10.9 Å². The Morgan fingerprint density at radius 3 is 2.82 bits per heavy atom. The number of ether oxygens (including phenoxy) is 1. The summed E-state index contributed by atoms with van der Waals surface area (Å²) >= 11 is 5.88. The Morgan fingerprint density at radius 1 is 1.32 bits per heavy atom. The Kier molecular flexibility index (Phi) is 3.68. The maximum absolute atomic E-state index is 12.1.